The van der Waals surface area contributed by atoms with Gasteiger partial charge >= 0.3 is 0 Å². The number of carbonyl (C=O) groups excluding carboxylic acids is 1. The van der Waals surface area contributed by atoms with Gasteiger partial charge in [0.15, 0.2) is 16.6 Å². The number of aromatic nitrogens is 1. The molecule has 8 heteroatoms. The summed E-state index contributed by atoms with van der Waals surface area (Å²) in [4.78, 5) is 19.3. The summed E-state index contributed by atoms with van der Waals surface area (Å²) in [5, 5.41) is 3.59. The predicted octanol–water partition coefficient (Wildman–Crippen LogP) is 1.73. The van der Waals surface area contributed by atoms with E-state index >= 15 is 0 Å². The molecule has 132 valence electrons. The van der Waals surface area contributed by atoms with Crippen LogP contribution in [0.4, 0.5) is 5.13 Å². The van der Waals surface area contributed by atoms with Crippen molar-refractivity contribution in [2.24, 2.45) is 5.92 Å². The van der Waals surface area contributed by atoms with E-state index in [0.717, 1.165) is 54.4 Å². The SMILES string of the molecule is O=C(Nc1nc2cc3c(cc2s1)OCCO3)C1CN(C2CCOC2)C1. The number of ether oxygens (including phenoxy) is 3. The van der Waals surface area contributed by atoms with Crippen LogP contribution in [0, 0.1) is 5.92 Å². The summed E-state index contributed by atoms with van der Waals surface area (Å²) >= 11 is 1.46. The molecule has 1 atom stereocenters. The number of hydrogen-bond donors (Lipinski definition) is 1. The van der Waals surface area contributed by atoms with Gasteiger partial charge in [-0.15, -0.1) is 0 Å². The number of hydrogen-bond acceptors (Lipinski definition) is 7. The van der Waals surface area contributed by atoms with Gasteiger partial charge in [-0.2, -0.15) is 0 Å². The fourth-order valence-corrected chi connectivity index (χ4v) is 4.39. The minimum absolute atomic E-state index is 0.0347. The summed E-state index contributed by atoms with van der Waals surface area (Å²) < 4.78 is 17.6. The predicted molar refractivity (Wildman–Crippen MR) is 93.5 cm³/mol. The topological polar surface area (TPSA) is 72.9 Å². The zero-order valence-corrected chi connectivity index (χ0v) is 14.5. The van der Waals surface area contributed by atoms with Gasteiger partial charge in [0.2, 0.25) is 5.91 Å². The Balaban J connectivity index is 1.25. The second kappa shape index (κ2) is 6.12. The number of carbonyl (C=O) groups is 1. The van der Waals surface area contributed by atoms with Crippen LogP contribution in [0.15, 0.2) is 12.1 Å². The molecule has 1 unspecified atom stereocenters. The Labute approximate surface area is 148 Å². The first-order chi connectivity index (χ1) is 12.3. The molecule has 0 aliphatic carbocycles. The molecule has 0 spiro atoms. The summed E-state index contributed by atoms with van der Waals surface area (Å²) in [6.45, 7) is 4.35. The highest BCUT2D eigenvalue weighted by Crippen LogP contribution is 2.38. The molecular weight excluding hydrogens is 342 g/mol. The van der Waals surface area contributed by atoms with Crippen molar-refractivity contribution in [1.29, 1.82) is 0 Å². The lowest BCUT2D eigenvalue weighted by Gasteiger charge is -2.41. The van der Waals surface area contributed by atoms with Gasteiger partial charge in [0, 0.05) is 37.9 Å². The van der Waals surface area contributed by atoms with E-state index in [1.54, 1.807) is 0 Å². The minimum Gasteiger partial charge on any atom is -0.486 e. The van der Waals surface area contributed by atoms with E-state index in [2.05, 4.69) is 15.2 Å². The number of thiazole rings is 1. The van der Waals surface area contributed by atoms with Crippen LogP contribution in [0.2, 0.25) is 0 Å². The molecule has 1 aromatic carbocycles. The first-order valence-corrected chi connectivity index (χ1v) is 9.41. The van der Waals surface area contributed by atoms with Gasteiger partial charge in [0.25, 0.3) is 0 Å². The summed E-state index contributed by atoms with van der Waals surface area (Å²) in [5.74, 6) is 1.54. The third kappa shape index (κ3) is 2.84. The molecule has 3 aliphatic rings. The van der Waals surface area contributed by atoms with E-state index in [-0.39, 0.29) is 11.8 Å². The van der Waals surface area contributed by atoms with E-state index in [4.69, 9.17) is 14.2 Å². The number of anilines is 1. The largest absolute Gasteiger partial charge is 0.486 e. The Morgan fingerprint density at radius 2 is 2.00 bits per heavy atom. The first-order valence-electron chi connectivity index (χ1n) is 8.59. The maximum absolute atomic E-state index is 12.4. The van der Waals surface area contributed by atoms with Crippen molar-refractivity contribution in [3.8, 4) is 11.5 Å². The van der Waals surface area contributed by atoms with E-state index in [0.29, 0.717) is 24.4 Å². The van der Waals surface area contributed by atoms with Crippen molar-refractivity contribution in [2.75, 3.05) is 44.8 Å². The maximum Gasteiger partial charge on any atom is 0.231 e. The highest BCUT2D eigenvalue weighted by Gasteiger charge is 2.38. The number of likely N-dealkylation sites (tertiary alicyclic amines) is 1. The van der Waals surface area contributed by atoms with Crippen molar-refractivity contribution in [1.82, 2.24) is 9.88 Å². The standard InChI is InChI=1S/C17H19N3O4S/c21-16(10-7-20(8-10)11-1-2-22-9-11)19-17-18-12-5-13-14(6-15(12)25-17)24-4-3-23-13/h5-6,10-11H,1-4,7-9H2,(H,18,19,21). The van der Waals surface area contributed by atoms with Crippen LogP contribution in [-0.4, -0.2) is 61.3 Å². The average molecular weight is 361 g/mol. The van der Waals surface area contributed by atoms with Crippen molar-refractivity contribution in [2.45, 2.75) is 12.5 Å². The maximum atomic E-state index is 12.4. The number of fused-ring (bicyclic) bond motifs is 2. The molecule has 25 heavy (non-hydrogen) atoms. The van der Waals surface area contributed by atoms with Crippen LogP contribution < -0.4 is 14.8 Å². The second-order valence-electron chi connectivity index (χ2n) is 6.64. The summed E-state index contributed by atoms with van der Waals surface area (Å²) in [7, 11) is 0. The molecule has 2 fully saturated rings. The van der Waals surface area contributed by atoms with E-state index < -0.39 is 0 Å². The van der Waals surface area contributed by atoms with Crippen LogP contribution in [0.1, 0.15) is 6.42 Å². The Morgan fingerprint density at radius 3 is 2.76 bits per heavy atom. The molecule has 1 amide bonds. The van der Waals surface area contributed by atoms with Crippen LogP contribution >= 0.6 is 11.3 Å². The van der Waals surface area contributed by atoms with Crippen molar-refractivity contribution < 1.29 is 19.0 Å². The van der Waals surface area contributed by atoms with Crippen LogP contribution in [0.25, 0.3) is 10.2 Å². The average Bonchev–Trinajstić information content (AvgIpc) is 3.20. The molecule has 4 heterocycles. The van der Waals surface area contributed by atoms with Gasteiger partial charge in [-0.25, -0.2) is 4.98 Å². The zero-order chi connectivity index (χ0) is 16.8. The Hall–Kier alpha value is -1.90. The normalized spacial score (nSPS) is 23.6. The number of rotatable bonds is 3. The summed E-state index contributed by atoms with van der Waals surface area (Å²) in [5.41, 5.74) is 0.822. The fourth-order valence-electron chi connectivity index (χ4n) is 3.51. The monoisotopic (exact) mass is 361 g/mol. The molecule has 0 bridgehead atoms. The lowest BCUT2D eigenvalue weighted by atomic mass is 9.96. The number of nitrogens with zero attached hydrogens (tertiary/aromatic N) is 2. The van der Waals surface area contributed by atoms with Crippen molar-refractivity contribution in [3.05, 3.63) is 12.1 Å². The second-order valence-corrected chi connectivity index (χ2v) is 7.67. The van der Waals surface area contributed by atoms with Crippen LogP contribution in [0.3, 0.4) is 0 Å². The van der Waals surface area contributed by atoms with Crippen LogP contribution in [0.5, 0.6) is 11.5 Å². The lowest BCUT2D eigenvalue weighted by Crippen LogP contribution is -2.56. The number of amides is 1. The summed E-state index contributed by atoms with van der Waals surface area (Å²) in [6.07, 6.45) is 1.07. The van der Waals surface area contributed by atoms with E-state index in [1.807, 2.05) is 12.1 Å². The molecule has 5 rings (SSSR count). The fraction of sp³-hybridized carbons (Fsp3) is 0.529. The van der Waals surface area contributed by atoms with Gasteiger partial charge in [-0.05, 0) is 6.42 Å². The van der Waals surface area contributed by atoms with Gasteiger partial charge in [-0.1, -0.05) is 11.3 Å². The number of benzene rings is 1. The van der Waals surface area contributed by atoms with Gasteiger partial charge < -0.3 is 19.5 Å². The highest BCUT2D eigenvalue weighted by molar-refractivity contribution is 7.22. The third-order valence-electron chi connectivity index (χ3n) is 4.99. The molecule has 2 saturated heterocycles. The van der Waals surface area contributed by atoms with Crippen LogP contribution in [-0.2, 0) is 9.53 Å². The Bertz CT molecular complexity index is 769. The van der Waals surface area contributed by atoms with Gasteiger partial charge in [0.1, 0.15) is 13.2 Å². The summed E-state index contributed by atoms with van der Waals surface area (Å²) in [6, 6.07) is 4.29. The minimum atomic E-state index is 0.0347. The smallest absolute Gasteiger partial charge is 0.231 e. The Morgan fingerprint density at radius 1 is 1.20 bits per heavy atom. The quantitative estimate of drug-likeness (QED) is 0.898. The number of nitrogens with one attached hydrogen (secondary N) is 1. The molecular formula is C17H19N3O4S. The molecule has 3 aliphatic heterocycles. The lowest BCUT2D eigenvalue weighted by molar-refractivity contribution is -0.126. The molecule has 2 aromatic rings. The third-order valence-corrected chi connectivity index (χ3v) is 5.92. The van der Waals surface area contributed by atoms with Crippen molar-refractivity contribution >= 4 is 32.6 Å². The molecule has 1 aromatic heterocycles. The van der Waals surface area contributed by atoms with Gasteiger partial charge in [0.05, 0.1) is 22.7 Å². The molecule has 1 N–H and O–H groups in total. The molecule has 0 saturated carbocycles. The highest BCUT2D eigenvalue weighted by atomic mass is 32.1. The van der Waals surface area contributed by atoms with Crippen molar-refractivity contribution in [3.63, 3.8) is 0 Å². The zero-order valence-electron chi connectivity index (χ0n) is 13.7. The van der Waals surface area contributed by atoms with Gasteiger partial charge in [-0.3, -0.25) is 9.69 Å². The Kier molecular flexibility index (Phi) is 3.76. The van der Waals surface area contributed by atoms with E-state index in [1.165, 1.54) is 11.3 Å². The molecule has 7 nitrogen and oxygen atoms in total. The van der Waals surface area contributed by atoms with E-state index in [9.17, 15) is 4.79 Å². The first kappa shape index (κ1) is 15.4. The molecule has 0 radical (unpaired) electrons.